The monoisotopic (exact) mass is 484 g/mol. The molecule has 4 aromatic rings. The largest absolute Gasteiger partial charge is 0.497 e. The summed E-state index contributed by atoms with van der Waals surface area (Å²) in [5.41, 5.74) is 5.34. The van der Waals surface area contributed by atoms with E-state index in [0.29, 0.717) is 31.3 Å². The van der Waals surface area contributed by atoms with Crippen molar-refractivity contribution in [3.8, 4) is 17.2 Å². The summed E-state index contributed by atoms with van der Waals surface area (Å²) in [5, 5.41) is 1.22. The van der Waals surface area contributed by atoms with E-state index in [-0.39, 0.29) is 18.4 Å². The van der Waals surface area contributed by atoms with Gasteiger partial charge in [-0.15, -0.1) is 0 Å². The van der Waals surface area contributed by atoms with Crippen molar-refractivity contribution in [2.24, 2.45) is 0 Å². The molecule has 3 aromatic carbocycles. The standard InChI is InChI=1S/C30H32N2O4/c1-4-35-26-12-8-9-21(30(26)36-5-2)19-27(33)32-18-17-24-23-10-6-7-11-25(23)31-28(24)29(32)20-13-15-22(34-3)16-14-20/h6-16,29,31H,4-5,17-19H2,1-3H3. The minimum atomic E-state index is -0.217. The summed E-state index contributed by atoms with van der Waals surface area (Å²) in [6.07, 6.45) is 1.04. The SMILES string of the molecule is CCOc1cccc(CC(=O)N2CCc3c([nH]c4ccccc34)C2c2ccc(OC)cc2)c1OCC. The van der Waals surface area contributed by atoms with E-state index in [9.17, 15) is 4.79 Å². The normalized spacial score (nSPS) is 15.0. The van der Waals surface area contributed by atoms with Gasteiger partial charge in [0.1, 0.15) is 5.75 Å². The van der Waals surface area contributed by atoms with Crippen LogP contribution in [0, 0.1) is 0 Å². The van der Waals surface area contributed by atoms with Gasteiger partial charge >= 0.3 is 0 Å². The number of nitrogens with zero attached hydrogens (tertiary/aromatic N) is 1. The predicted molar refractivity (Wildman–Crippen MR) is 141 cm³/mol. The van der Waals surface area contributed by atoms with Gasteiger partial charge in [0.05, 0.1) is 32.8 Å². The van der Waals surface area contributed by atoms with Gasteiger partial charge in [0, 0.05) is 28.7 Å². The van der Waals surface area contributed by atoms with Crippen LogP contribution < -0.4 is 14.2 Å². The summed E-state index contributed by atoms with van der Waals surface area (Å²) < 4.78 is 17.1. The van der Waals surface area contributed by atoms with E-state index in [1.165, 1.54) is 10.9 Å². The maximum Gasteiger partial charge on any atom is 0.227 e. The number of benzene rings is 3. The summed E-state index contributed by atoms with van der Waals surface area (Å²) in [6.45, 7) is 5.56. The number of amides is 1. The molecule has 0 fully saturated rings. The van der Waals surface area contributed by atoms with Gasteiger partial charge in [0.2, 0.25) is 5.91 Å². The van der Waals surface area contributed by atoms with Crippen LogP contribution in [0.5, 0.6) is 17.2 Å². The zero-order chi connectivity index (χ0) is 25.1. The Labute approximate surface area is 211 Å². The van der Waals surface area contributed by atoms with Crippen LogP contribution in [0.4, 0.5) is 0 Å². The zero-order valence-electron chi connectivity index (χ0n) is 21.0. The summed E-state index contributed by atoms with van der Waals surface area (Å²) in [6, 6.07) is 21.9. The molecule has 1 aromatic heterocycles. The van der Waals surface area contributed by atoms with Crippen molar-refractivity contribution in [3.63, 3.8) is 0 Å². The molecule has 1 N–H and O–H groups in total. The average molecular weight is 485 g/mol. The second-order valence-electron chi connectivity index (χ2n) is 8.86. The van der Waals surface area contributed by atoms with Crippen molar-refractivity contribution in [1.29, 1.82) is 0 Å². The molecule has 186 valence electrons. The molecule has 0 saturated heterocycles. The molecular formula is C30H32N2O4. The minimum absolute atomic E-state index is 0.0507. The third-order valence-corrected chi connectivity index (χ3v) is 6.78. The van der Waals surface area contributed by atoms with Crippen molar-refractivity contribution >= 4 is 16.8 Å². The van der Waals surface area contributed by atoms with E-state index in [4.69, 9.17) is 14.2 Å². The zero-order valence-corrected chi connectivity index (χ0v) is 21.0. The molecule has 6 nitrogen and oxygen atoms in total. The third kappa shape index (κ3) is 4.39. The number of para-hydroxylation sites is 2. The van der Waals surface area contributed by atoms with Crippen molar-refractivity contribution in [3.05, 3.63) is 89.1 Å². The Morgan fingerprint density at radius 3 is 2.50 bits per heavy atom. The number of carbonyl (C=O) groups excluding carboxylic acids is 1. The lowest BCUT2D eigenvalue weighted by atomic mass is 9.91. The molecule has 1 amide bonds. The van der Waals surface area contributed by atoms with E-state index in [1.807, 2.05) is 67.3 Å². The number of methoxy groups -OCH3 is 1. The van der Waals surface area contributed by atoms with Gasteiger partial charge < -0.3 is 24.1 Å². The molecule has 0 spiro atoms. The molecule has 2 heterocycles. The number of hydrogen-bond donors (Lipinski definition) is 1. The highest BCUT2D eigenvalue weighted by Crippen LogP contribution is 2.40. The number of aromatic nitrogens is 1. The molecule has 36 heavy (non-hydrogen) atoms. The van der Waals surface area contributed by atoms with E-state index in [1.54, 1.807) is 7.11 Å². The maximum atomic E-state index is 13.9. The smallest absolute Gasteiger partial charge is 0.227 e. The lowest BCUT2D eigenvalue weighted by Crippen LogP contribution is -2.41. The van der Waals surface area contributed by atoms with Crippen LogP contribution in [0.15, 0.2) is 66.7 Å². The first-order valence-electron chi connectivity index (χ1n) is 12.5. The van der Waals surface area contributed by atoms with Gasteiger partial charge in [0.25, 0.3) is 0 Å². The minimum Gasteiger partial charge on any atom is -0.497 e. The molecule has 1 aliphatic rings. The first-order valence-corrected chi connectivity index (χ1v) is 12.5. The summed E-state index contributed by atoms with van der Waals surface area (Å²) in [5.74, 6) is 2.17. The quantitative estimate of drug-likeness (QED) is 0.349. The maximum absolute atomic E-state index is 13.9. The Bertz CT molecular complexity index is 1360. The molecule has 5 rings (SSSR count). The topological polar surface area (TPSA) is 63.8 Å². The number of ether oxygens (including phenoxy) is 3. The second kappa shape index (κ2) is 10.4. The van der Waals surface area contributed by atoms with Crippen LogP contribution in [-0.2, 0) is 17.6 Å². The van der Waals surface area contributed by atoms with Crippen LogP contribution in [-0.4, -0.2) is 42.7 Å². The molecule has 1 atom stereocenters. The summed E-state index contributed by atoms with van der Waals surface area (Å²) in [4.78, 5) is 19.5. The number of fused-ring (bicyclic) bond motifs is 3. The number of aromatic amines is 1. The Morgan fingerprint density at radius 1 is 0.972 bits per heavy atom. The molecule has 1 unspecified atom stereocenters. The number of rotatable bonds is 8. The number of nitrogens with one attached hydrogen (secondary N) is 1. The fourth-order valence-electron chi connectivity index (χ4n) is 5.18. The first-order chi connectivity index (χ1) is 17.6. The molecule has 0 aliphatic carbocycles. The molecule has 6 heteroatoms. The van der Waals surface area contributed by atoms with Gasteiger partial charge in [-0.2, -0.15) is 0 Å². The highest BCUT2D eigenvalue weighted by atomic mass is 16.5. The highest BCUT2D eigenvalue weighted by molar-refractivity contribution is 5.87. The number of carbonyl (C=O) groups is 1. The number of H-pyrrole nitrogens is 1. The fourth-order valence-corrected chi connectivity index (χ4v) is 5.18. The Kier molecular flexibility index (Phi) is 6.85. The number of hydrogen-bond acceptors (Lipinski definition) is 4. The highest BCUT2D eigenvalue weighted by Gasteiger charge is 2.34. The van der Waals surface area contributed by atoms with Gasteiger partial charge in [-0.05, 0) is 55.7 Å². The van der Waals surface area contributed by atoms with Crippen molar-refractivity contribution in [2.45, 2.75) is 32.7 Å². The lowest BCUT2D eigenvalue weighted by molar-refractivity contribution is -0.132. The Hall–Kier alpha value is -3.93. The molecule has 0 bridgehead atoms. The molecule has 0 radical (unpaired) electrons. The van der Waals surface area contributed by atoms with E-state index >= 15 is 0 Å². The molecule has 0 saturated carbocycles. The van der Waals surface area contributed by atoms with Gasteiger partial charge in [0.15, 0.2) is 11.5 Å². The second-order valence-corrected chi connectivity index (χ2v) is 8.86. The molecule has 1 aliphatic heterocycles. The predicted octanol–water partition coefficient (Wildman–Crippen LogP) is 5.69. The van der Waals surface area contributed by atoms with Gasteiger partial charge in [-0.3, -0.25) is 4.79 Å². The van der Waals surface area contributed by atoms with Crippen LogP contribution >= 0.6 is 0 Å². The van der Waals surface area contributed by atoms with Crippen LogP contribution in [0.3, 0.4) is 0 Å². The van der Waals surface area contributed by atoms with E-state index in [2.05, 4.69) is 23.2 Å². The van der Waals surface area contributed by atoms with Crippen molar-refractivity contribution < 1.29 is 19.0 Å². The molecular weight excluding hydrogens is 452 g/mol. The van der Waals surface area contributed by atoms with Gasteiger partial charge in [-0.1, -0.05) is 42.5 Å². The summed E-state index contributed by atoms with van der Waals surface area (Å²) in [7, 11) is 1.66. The van der Waals surface area contributed by atoms with E-state index in [0.717, 1.165) is 34.5 Å². The van der Waals surface area contributed by atoms with Crippen molar-refractivity contribution in [1.82, 2.24) is 9.88 Å². The van der Waals surface area contributed by atoms with Crippen LogP contribution in [0.2, 0.25) is 0 Å². The fraction of sp³-hybridized carbons (Fsp3) is 0.300. The summed E-state index contributed by atoms with van der Waals surface area (Å²) >= 11 is 0. The lowest BCUT2D eigenvalue weighted by Gasteiger charge is -2.36. The van der Waals surface area contributed by atoms with Crippen molar-refractivity contribution in [2.75, 3.05) is 26.9 Å². The van der Waals surface area contributed by atoms with Gasteiger partial charge in [-0.25, -0.2) is 0 Å². The van der Waals surface area contributed by atoms with Crippen LogP contribution in [0.1, 0.15) is 42.3 Å². The van der Waals surface area contributed by atoms with E-state index < -0.39 is 0 Å². The van der Waals surface area contributed by atoms with Crippen LogP contribution in [0.25, 0.3) is 10.9 Å². The first kappa shape index (κ1) is 23.8. The Balaban J connectivity index is 1.54. The average Bonchev–Trinajstić information content (AvgIpc) is 3.29. The Morgan fingerprint density at radius 2 is 1.75 bits per heavy atom. The third-order valence-electron chi connectivity index (χ3n) is 6.78.